The van der Waals surface area contributed by atoms with Crippen molar-refractivity contribution in [2.24, 2.45) is 0 Å². The van der Waals surface area contributed by atoms with Crippen molar-refractivity contribution >= 4 is 9.84 Å². The molecule has 0 bridgehead atoms. The largest absolute Gasteiger partial charge is 0.374 e. The van der Waals surface area contributed by atoms with Gasteiger partial charge in [0.2, 0.25) is 0 Å². The van der Waals surface area contributed by atoms with Gasteiger partial charge in [-0.05, 0) is 39.0 Å². The summed E-state index contributed by atoms with van der Waals surface area (Å²) in [7, 11) is -2.88. The molecule has 18 heavy (non-hydrogen) atoms. The minimum atomic E-state index is -2.88. The first-order chi connectivity index (χ1) is 8.39. The summed E-state index contributed by atoms with van der Waals surface area (Å²) in [5.74, 6) is 0. The number of ether oxygens (including phenoxy) is 1. The van der Waals surface area contributed by atoms with E-state index in [0.29, 0.717) is 6.04 Å². The van der Waals surface area contributed by atoms with Crippen LogP contribution in [0.1, 0.15) is 45.4 Å². The van der Waals surface area contributed by atoms with E-state index in [4.69, 9.17) is 4.74 Å². The topological polar surface area (TPSA) is 55.4 Å². The molecular weight excluding hydrogens is 250 g/mol. The number of hydrogen-bond acceptors (Lipinski definition) is 4. The van der Waals surface area contributed by atoms with Crippen molar-refractivity contribution in [2.45, 2.75) is 62.3 Å². The molecule has 0 radical (unpaired) electrons. The second kappa shape index (κ2) is 5.47. The van der Waals surface area contributed by atoms with Gasteiger partial charge in [-0.25, -0.2) is 8.42 Å². The Kier molecular flexibility index (Phi) is 4.34. The molecule has 0 aromatic heterocycles. The normalized spacial score (nSPS) is 37.9. The Morgan fingerprint density at radius 2 is 2.11 bits per heavy atom. The Morgan fingerprint density at radius 1 is 1.33 bits per heavy atom. The zero-order chi connectivity index (χ0) is 13.2. The monoisotopic (exact) mass is 275 g/mol. The van der Waals surface area contributed by atoms with Crippen LogP contribution in [-0.4, -0.2) is 44.7 Å². The molecule has 1 aliphatic heterocycles. The van der Waals surface area contributed by atoms with Gasteiger partial charge in [-0.2, -0.15) is 0 Å². The molecule has 1 aliphatic carbocycles. The maximum Gasteiger partial charge on any atom is 0.150 e. The highest BCUT2D eigenvalue weighted by Gasteiger charge is 2.33. The van der Waals surface area contributed by atoms with Crippen LogP contribution in [-0.2, 0) is 14.6 Å². The number of hydrogen-bond donors (Lipinski definition) is 1. The summed E-state index contributed by atoms with van der Waals surface area (Å²) in [5.41, 5.74) is -0.0436. The molecule has 2 fully saturated rings. The van der Waals surface area contributed by atoms with E-state index < -0.39 is 9.84 Å². The Hall–Kier alpha value is -0.130. The Balaban J connectivity index is 1.83. The second-order valence-corrected chi connectivity index (χ2v) is 8.42. The van der Waals surface area contributed by atoms with Crippen LogP contribution in [0.15, 0.2) is 0 Å². The standard InChI is InChI=1S/C13H25NO3S/c1-13(7-4-8-17-13)10-14-11-5-3-6-12(9-11)18(2,15)16/h11-12,14H,3-10H2,1-2H3. The number of nitrogens with one attached hydrogen (secondary N) is 1. The molecule has 0 spiro atoms. The van der Waals surface area contributed by atoms with Crippen molar-refractivity contribution in [3.8, 4) is 0 Å². The van der Waals surface area contributed by atoms with Gasteiger partial charge >= 0.3 is 0 Å². The van der Waals surface area contributed by atoms with Crippen molar-refractivity contribution in [1.29, 1.82) is 0 Å². The molecule has 3 unspecified atom stereocenters. The van der Waals surface area contributed by atoms with Gasteiger partial charge in [0.05, 0.1) is 10.9 Å². The fraction of sp³-hybridized carbons (Fsp3) is 1.00. The fourth-order valence-corrected chi connectivity index (χ4v) is 4.23. The Morgan fingerprint density at radius 3 is 2.72 bits per heavy atom. The summed E-state index contributed by atoms with van der Waals surface area (Å²) in [6, 6.07) is 0.333. The molecular formula is C13H25NO3S. The summed E-state index contributed by atoms with van der Waals surface area (Å²) in [4.78, 5) is 0. The van der Waals surface area contributed by atoms with Gasteiger partial charge in [-0.15, -0.1) is 0 Å². The first kappa shape index (κ1) is 14.3. The van der Waals surface area contributed by atoms with Crippen molar-refractivity contribution in [1.82, 2.24) is 5.32 Å². The zero-order valence-electron chi connectivity index (χ0n) is 11.4. The molecule has 0 aromatic rings. The molecule has 3 atom stereocenters. The minimum absolute atomic E-state index is 0.0436. The lowest BCUT2D eigenvalue weighted by atomic mass is 9.94. The molecule has 4 nitrogen and oxygen atoms in total. The van der Waals surface area contributed by atoms with E-state index in [2.05, 4.69) is 12.2 Å². The van der Waals surface area contributed by atoms with E-state index in [1.165, 1.54) is 6.26 Å². The summed E-state index contributed by atoms with van der Waals surface area (Å²) in [6.45, 7) is 3.84. The van der Waals surface area contributed by atoms with Crippen molar-refractivity contribution in [3.63, 3.8) is 0 Å². The zero-order valence-corrected chi connectivity index (χ0v) is 12.3. The number of sulfone groups is 1. The van der Waals surface area contributed by atoms with Crippen molar-refractivity contribution < 1.29 is 13.2 Å². The van der Waals surface area contributed by atoms with E-state index in [1.807, 2.05) is 0 Å². The first-order valence-corrected chi connectivity index (χ1v) is 8.91. The van der Waals surface area contributed by atoms with Gasteiger partial charge in [0, 0.05) is 25.4 Å². The summed E-state index contributed by atoms with van der Waals surface area (Å²) < 4.78 is 29.0. The average molecular weight is 275 g/mol. The van der Waals surface area contributed by atoms with Crippen molar-refractivity contribution in [3.05, 3.63) is 0 Å². The van der Waals surface area contributed by atoms with E-state index in [-0.39, 0.29) is 10.9 Å². The van der Waals surface area contributed by atoms with Gasteiger partial charge in [0.15, 0.2) is 0 Å². The lowest BCUT2D eigenvalue weighted by molar-refractivity contribution is 0.0178. The van der Waals surface area contributed by atoms with Crippen LogP contribution in [0.3, 0.4) is 0 Å². The van der Waals surface area contributed by atoms with Gasteiger partial charge in [-0.3, -0.25) is 0 Å². The molecule has 1 saturated heterocycles. The lowest BCUT2D eigenvalue weighted by Gasteiger charge is -2.32. The third kappa shape index (κ3) is 3.68. The maximum atomic E-state index is 11.6. The van der Waals surface area contributed by atoms with E-state index >= 15 is 0 Å². The predicted octanol–water partition coefficient (Wildman–Crippen LogP) is 1.50. The van der Waals surface area contributed by atoms with E-state index in [0.717, 1.165) is 51.7 Å². The first-order valence-electron chi connectivity index (χ1n) is 6.95. The average Bonchev–Trinajstić information content (AvgIpc) is 2.74. The van der Waals surface area contributed by atoms with Gasteiger partial charge < -0.3 is 10.1 Å². The maximum absolute atomic E-state index is 11.6. The minimum Gasteiger partial charge on any atom is -0.374 e. The summed E-state index contributed by atoms with van der Waals surface area (Å²) >= 11 is 0. The molecule has 106 valence electrons. The van der Waals surface area contributed by atoms with Gasteiger partial charge in [0.25, 0.3) is 0 Å². The van der Waals surface area contributed by atoms with Crippen LogP contribution < -0.4 is 5.32 Å². The fourth-order valence-electron chi connectivity index (χ4n) is 3.06. The van der Waals surface area contributed by atoms with Gasteiger partial charge in [0.1, 0.15) is 9.84 Å². The van der Waals surface area contributed by atoms with E-state index in [9.17, 15) is 8.42 Å². The van der Waals surface area contributed by atoms with Crippen LogP contribution >= 0.6 is 0 Å². The summed E-state index contributed by atoms with van der Waals surface area (Å²) in [5, 5.41) is 3.36. The van der Waals surface area contributed by atoms with Crippen LogP contribution in [0.5, 0.6) is 0 Å². The Labute approximate surface area is 110 Å². The smallest absolute Gasteiger partial charge is 0.150 e. The third-order valence-electron chi connectivity index (χ3n) is 4.30. The molecule has 1 N–H and O–H groups in total. The predicted molar refractivity (Wildman–Crippen MR) is 72.5 cm³/mol. The SMILES string of the molecule is CC1(CNC2CCCC(S(C)(=O)=O)C2)CCCO1. The van der Waals surface area contributed by atoms with Crippen LogP contribution in [0.4, 0.5) is 0 Å². The molecule has 5 heteroatoms. The molecule has 2 rings (SSSR count). The van der Waals surface area contributed by atoms with Gasteiger partial charge in [-0.1, -0.05) is 6.42 Å². The Bertz CT molecular complexity index is 374. The highest BCUT2D eigenvalue weighted by molar-refractivity contribution is 7.91. The second-order valence-electron chi connectivity index (χ2n) is 6.10. The molecule has 0 amide bonds. The number of rotatable bonds is 4. The third-order valence-corrected chi connectivity index (χ3v) is 5.94. The quantitative estimate of drug-likeness (QED) is 0.845. The molecule has 1 saturated carbocycles. The van der Waals surface area contributed by atoms with E-state index in [1.54, 1.807) is 0 Å². The van der Waals surface area contributed by atoms with Crippen LogP contribution in [0.25, 0.3) is 0 Å². The highest BCUT2D eigenvalue weighted by Crippen LogP contribution is 2.27. The highest BCUT2D eigenvalue weighted by atomic mass is 32.2. The lowest BCUT2D eigenvalue weighted by Crippen LogP contribution is -2.45. The van der Waals surface area contributed by atoms with Crippen LogP contribution in [0, 0.1) is 0 Å². The van der Waals surface area contributed by atoms with Crippen LogP contribution in [0.2, 0.25) is 0 Å². The molecule has 1 heterocycles. The molecule has 2 aliphatic rings. The molecule has 0 aromatic carbocycles. The van der Waals surface area contributed by atoms with Crippen molar-refractivity contribution in [2.75, 3.05) is 19.4 Å². The summed E-state index contributed by atoms with van der Waals surface area (Å²) in [6.07, 6.45) is 7.27.